The summed E-state index contributed by atoms with van der Waals surface area (Å²) in [6.45, 7) is 10.3. The van der Waals surface area contributed by atoms with Gasteiger partial charge in [-0.3, -0.25) is 0 Å². The first-order chi connectivity index (χ1) is 10.3. The molecule has 0 spiro atoms. The van der Waals surface area contributed by atoms with Gasteiger partial charge in [0.2, 0.25) is 0 Å². The summed E-state index contributed by atoms with van der Waals surface area (Å²) in [5, 5.41) is 3.44. The van der Waals surface area contributed by atoms with E-state index in [0.29, 0.717) is 5.92 Å². The molecule has 3 heteroatoms. The van der Waals surface area contributed by atoms with Crippen molar-refractivity contribution in [3.8, 4) is 0 Å². The molecule has 2 rings (SSSR count). The third-order valence-corrected chi connectivity index (χ3v) is 3.86. The number of rotatable bonds is 8. The predicted octanol–water partition coefficient (Wildman–Crippen LogP) is 3.44. The van der Waals surface area contributed by atoms with E-state index in [1.807, 2.05) is 0 Å². The molecule has 0 atom stereocenters. The topological polar surface area (TPSA) is 24.5 Å². The van der Waals surface area contributed by atoms with Gasteiger partial charge >= 0.3 is 0 Å². The molecule has 1 aromatic rings. The number of ether oxygens (including phenoxy) is 1. The van der Waals surface area contributed by atoms with Gasteiger partial charge in [-0.25, -0.2) is 0 Å². The number of nitrogens with one attached hydrogen (secondary N) is 1. The number of anilines is 1. The lowest BCUT2D eigenvalue weighted by molar-refractivity contribution is 0.111. The van der Waals surface area contributed by atoms with E-state index >= 15 is 0 Å². The molecular weight excluding hydrogens is 260 g/mol. The van der Waals surface area contributed by atoms with Crippen LogP contribution in [0, 0.1) is 5.92 Å². The average molecular weight is 290 g/mol. The summed E-state index contributed by atoms with van der Waals surface area (Å²) in [5.41, 5.74) is 2.72. The van der Waals surface area contributed by atoms with Crippen molar-refractivity contribution in [2.45, 2.75) is 39.7 Å². The summed E-state index contributed by atoms with van der Waals surface area (Å²) in [4.78, 5) is 2.50. The standard InChI is InChI=1S/C18H30N2O/c1-16(2)15-21-13-10-19-14-17-6-8-18(9-7-17)20-11-4-3-5-12-20/h6-9,16,19H,3-5,10-15H2,1-2H3. The van der Waals surface area contributed by atoms with E-state index in [2.05, 4.69) is 48.3 Å². The fraction of sp³-hybridized carbons (Fsp3) is 0.667. The van der Waals surface area contributed by atoms with Crippen molar-refractivity contribution in [3.63, 3.8) is 0 Å². The highest BCUT2D eigenvalue weighted by Gasteiger charge is 2.10. The van der Waals surface area contributed by atoms with Crippen molar-refractivity contribution < 1.29 is 4.74 Å². The van der Waals surface area contributed by atoms with Gasteiger partial charge in [-0.2, -0.15) is 0 Å². The lowest BCUT2D eigenvalue weighted by Gasteiger charge is -2.28. The molecule has 1 aliphatic heterocycles. The van der Waals surface area contributed by atoms with E-state index in [4.69, 9.17) is 4.74 Å². The molecule has 1 fully saturated rings. The smallest absolute Gasteiger partial charge is 0.0591 e. The van der Waals surface area contributed by atoms with Crippen molar-refractivity contribution in [1.29, 1.82) is 0 Å². The van der Waals surface area contributed by atoms with E-state index in [9.17, 15) is 0 Å². The largest absolute Gasteiger partial charge is 0.380 e. The lowest BCUT2D eigenvalue weighted by Crippen LogP contribution is -2.29. The number of benzene rings is 1. The summed E-state index contributed by atoms with van der Waals surface area (Å²) in [5.74, 6) is 0.618. The van der Waals surface area contributed by atoms with E-state index in [1.54, 1.807) is 0 Å². The van der Waals surface area contributed by atoms with Crippen LogP contribution in [0.2, 0.25) is 0 Å². The SMILES string of the molecule is CC(C)COCCNCc1ccc(N2CCCCC2)cc1. The highest BCUT2D eigenvalue weighted by molar-refractivity contribution is 5.47. The molecular formula is C18H30N2O. The zero-order chi connectivity index (χ0) is 14.9. The van der Waals surface area contributed by atoms with Gasteiger partial charge in [0.15, 0.2) is 0 Å². The van der Waals surface area contributed by atoms with Gasteiger partial charge in [-0.1, -0.05) is 26.0 Å². The van der Waals surface area contributed by atoms with Crippen LogP contribution in [-0.4, -0.2) is 32.8 Å². The molecule has 1 N–H and O–H groups in total. The highest BCUT2D eigenvalue weighted by Crippen LogP contribution is 2.20. The Morgan fingerprint density at radius 1 is 1.10 bits per heavy atom. The van der Waals surface area contributed by atoms with Crippen LogP contribution in [0.4, 0.5) is 5.69 Å². The Hall–Kier alpha value is -1.06. The number of nitrogens with zero attached hydrogens (tertiary/aromatic N) is 1. The maximum Gasteiger partial charge on any atom is 0.0591 e. The summed E-state index contributed by atoms with van der Waals surface area (Å²) in [7, 11) is 0. The normalized spacial score (nSPS) is 15.7. The minimum Gasteiger partial charge on any atom is -0.380 e. The summed E-state index contributed by atoms with van der Waals surface area (Å²) in [6.07, 6.45) is 4.05. The first kappa shape index (κ1) is 16.3. The van der Waals surface area contributed by atoms with Gasteiger partial charge in [0.05, 0.1) is 6.61 Å². The Morgan fingerprint density at radius 3 is 2.48 bits per heavy atom. The minimum atomic E-state index is 0.618. The molecule has 0 amide bonds. The molecule has 1 heterocycles. The monoisotopic (exact) mass is 290 g/mol. The molecule has 0 unspecified atom stereocenters. The zero-order valence-corrected chi connectivity index (χ0v) is 13.6. The third-order valence-electron chi connectivity index (χ3n) is 3.86. The van der Waals surface area contributed by atoms with Gasteiger partial charge in [0.1, 0.15) is 0 Å². The van der Waals surface area contributed by atoms with Gasteiger partial charge in [0.25, 0.3) is 0 Å². The summed E-state index contributed by atoms with van der Waals surface area (Å²) in [6, 6.07) is 9.01. The number of hydrogen-bond acceptors (Lipinski definition) is 3. The molecule has 118 valence electrons. The Kier molecular flexibility index (Phi) is 7.04. The fourth-order valence-corrected chi connectivity index (χ4v) is 2.67. The fourth-order valence-electron chi connectivity index (χ4n) is 2.67. The summed E-state index contributed by atoms with van der Waals surface area (Å²) >= 11 is 0. The first-order valence-electron chi connectivity index (χ1n) is 8.38. The second-order valence-corrected chi connectivity index (χ2v) is 6.36. The minimum absolute atomic E-state index is 0.618. The Labute approximate surface area is 129 Å². The van der Waals surface area contributed by atoms with E-state index in [-0.39, 0.29) is 0 Å². The van der Waals surface area contributed by atoms with E-state index < -0.39 is 0 Å². The Balaban J connectivity index is 1.65. The molecule has 0 radical (unpaired) electrons. The van der Waals surface area contributed by atoms with Gasteiger partial charge in [-0.15, -0.1) is 0 Å². The first-order valence-corrected chi connectivity index (χ1v) is 8.38. The van der Waals surface area contributed by atoms with Crippen LogP contribution in [0.5, 0.6) is 0 Å². The van der Waals surface area contributed by atoms with Crippen LogP contribution in [0.25, 0.3) is 0 Å². The van der Waals surface area contributed by atoms with Crippen LogP contribution in [0.1, 0.15) is 38.7 Å². The number of piperidine rings is 1. The maximum atomic E-state index is 5.56. The Morgan fingerprint density at radius 2 is 1.81 bits per heavy atom. The molecule has 0 bridgehead atoms. The van der Waals surface area contributed by atoms with Crippen LogP contribution >= 0.6 is 0 Å². The quantitative estimate of drug-likeness (QED) is 0.742. The van der Waals surface area contributed by atoms with Crippen molar-refractivity contribution in [2.24, 2.45) is 5.92 Å². The second-order valence-electron chi connectivity index (χ2n) is 6.36. The molecule has 0 aromatic heterocycles. The zero-order valence-electron chi connectivity index (χ0n) is 13.6. The molecule has 1 saturated heterocycles. The molecule has 0 aliphatic carbocycles. The second kappa shape index (κ2) is 9.06. The maximum absolute atomic E-state index is 5.56. The van der Waals surface area contributed by atoms with Crippen molar-refractivity contribution in [3.05, 3.63) is 29.8 Å². The van der Waals surface area contributed by atoms with Crippen LogP contribution in [0.3, 0.4) is 0 Å². The van der Waals surface area contributed by atoms with Crippen molar-refractivity contribution >= 4 is 5.69 Å². The van der Waals surface area contributed by atoms with Crippen LogP contribution in [-0.2, 0) is 11.3 Å². The van der Waals surface area contributed by atoms with Crippen molar-refractivity contribution in [1.82, 2.24) is 5.32 Å². The molecule has 1 aliphatic rings. The van der Waals surface area contributed by atoms with E-state index in [0.717, 1.165) is 26.3 Å². The Bertz CT molecular complexity index is 383. The van der Waals surface area contributed by atoms with Crippen LogP contribution in [0.15, 0.2) is 24.3 Å². The molecule has 3 nitrogen and oxygen atoms in total. The van der Waals surface area contributed by atoms with Gasteiger partial charge < -0.3 is 15.0 Å². The van der Waals surface area contributed by atoms with Crippen LogP contribution < -0.4 is 10.2 Å². The van der Waals surface area contributed by atoms with E-state index in [1.165, 1.54) is 43.6 Å². The predicted molar refractivity (Wildman–Crippen MR) is 89.9 cm³/mol. The third kappa shape index (κ3) is 6.06. The average Bonchev–Trinajstić information content (AvgIpc) is 2.52. The lowest BCUT2D eigenvalue weighted by atomic mass is 10.1. The van der Waals surface area contributed by atoms with Crippen molar-refractivity contribution in [2.75, 3.05) is 37.7 Å². The van der Waals surface area contributed by atoms with Gasteiger partial charge in [-0.05, 0) is 42.9 Å². The van der Waals surface area contributed by atoms with Gasteiger partial charge in [0, 0.05) is 38.5 Å². The molecule has 1 aromatic carbocycles. The molecule has 0 saturated carbocycles. The highest BCUT2D eigenvalue weighted by atomic mass is 16.5. The summed E-state index contributed by atoms with van der Waals surface area (Å²) < 4.78 is 5.56. The molecule has 21 heavy (non-hydrogen) atoms. The number of hydrogen-bond donors (Lipinski definition) is 1.